The highest BCUT2D eigenvalue weighted by molar-refractivity contribution is 9.10. The summed E-state index contributed by atoms with van der Waals surface area (Å²) in [4.78, 5) is 3.34. The van der Waals surface area contributed by atoms with Gasteiger partial charge in [0.15, 0.2) is 0 Å². The van der Waals surface area contributed by atoms with Gasteiger partial charge in [0.05, 0.1) is 17.6 Å². The van der Waals surface area contributed by atoms with E-state index in [1.807, 2.05) is 0 Å². The van der Waals surface area contributed by atoms with Gasteiger partial charge >= 0.3 is 6.18 Å². The van der Waals surface area contributed by atoms with Gasteiger partial charge < -0.3 is 4.74 Å². The largest absolute Gasteiger partial charge is 0.479 e. The minimum Gasteiger partial charge on any atom is -0.479 e. The highest BCUT2D eigenvalue weighted by atomic mass is 79.9. The highest BCUT2D eigenvalue weighted by Gasteiger charge is 2.31. The molecule has 1 N–H and O–H groups in total. The summed E-state index contributed by atoms with van der Waals surface area (Å²) in [5, 5.41) is 0. The second kappa shape index (κ2) is 6.36. The lowest BCUT2D eigenvalue weighted by Gasteiger charge is -2.13. The van der Waals surface area contributed by atoms with Crippen LogP contribution in [0.1, 0.15) is 5.56 Å². The number of alkyl halides is 3. The van der Waals surface area contributed by atoms with Crippen LogP contribution in [0.2, 0.25) is 0 Å². The van der Waals surface area contributed by atoms with Crippen LogP contribution in [0.4, 0.5) is 18.9 Å². The smallest absolute Gasteiger partial charge is 0.416 e. The van der Waals surface area contributed by atoms with Crippen molar-refractivity contribution in [3.8, 4) is 5.88 Å². The Bertz CT molecular complexity index is 825. The Hall–Kier alpha value is -1.81. The first-order valence-electron chi connectivity index (χ1n) is 6.03. The third-order valence-corrected chi connectivity index (χ3v) is 4.52. The minimum atomic E-state index is -4.64. The summed E-state index contributed by atoms with van der Waals surface area (Å²) >= 11 is 3.13. The van der Waals surface area contributed by atoms with Crippen molar-refractivity contribution in [1.82, 2.24) is 4.98 Å². The molecule has 0 amide bonds. The van der Waals surface area contributed by atoms with E-state index in [1.54, 1.807) is 0 Å². The lowest BCUT2D eigenvalue weighted by Crippen LogP contribution is -2.15. The highest BCUT2D eigenvalue weighted by Crippen LogP contribution is 2.32. The van der Waals surface area contributed by atoms with Crippen molar-refractivity contribution >= 4 is 31.6 Å². The molecule has 10 heteroatoms. The third-order valence-electron chi connectivity index (χ3n) is 2.73. The number of sulfonamides is 1. The number of benzene rings is 1. The van der Waals surface area contributed by atoms with Gasteiger partial charge in [-0.25, -0.2) is 13.4 Å². The number of pyridine rings is 1. The first-order valence-corrected chi connectivity index (χ1v) is 8.31. The summed E-state index contributed by atoms with van der Waals surface area (Å²) in [7, 11) is -2.95. The fraction of sp³-hybridized carbons (Fsp3) is 0.154. The third kappa shape index (κ3) is 4.14. The van der Waals surface area contributed by atoms with E-state index in [0.29, 0.717) is 10.5 Å². The molecule has 0 radical (unpaired) electrons. The predicted molar refractivity (Wildman–Crippen MR) is 80.7 cm³/mol. The van der Waals surface area contributed by atoms with Crippen molar-refractivity contribution < 1.29 is 26.3 Å². The second-order valence-corrected chi connectivity index (χ2v) is 6.94. The zero-order valence-corrected chi connectivity index (χ0v) is 14.0. The molecule has 5 nitrogen and oxygen atoms in total. The number of hydrogen-bond donors (Lipinski definition) is 1. The zero-order chi connectivity index (χ0) is 17.3. The van der Waals surface area contributed by atoms with Crippen LogP contribution in [0.25, 0.3) is 0 Å². The van der Waals surface area contributed by atoms with Gasteiger partial charge in [0, 0.05) is 10.7 Å². The molecule has 0 unspecified atom stereocenters. The quantitative estimate of drug-likeness (QED) is 0.834. The van der Waals surface area contributed by atoms with Gasteiger partial charge in [0.25, 0.3) is 10.0 Å². The van der Waals surface area contributed by atoms with Gasteiger partial charge in [0.2, 0.25) is 5.88 Å². The summed E-state index contributed by atoms with van der Waals surface area (Å²) in [5.41, 5.74) is -1.06. The van der Waals surface area contributed by atoms with Crippen molar-refractivity contribution in [2.24, 2.45) is 0 Å². The molecular weight excluding hydrogens is 401 g/mol. The van der Waals surface area contributed by atoms with Crippen LogP contribution in [-0.4, -0.2) is 20.5 Å². The van der Waals surface area contributed by atoms with E-state index in [4.69, 9.17) is 4.74 Å². The van der Waals surface area contributed by atoms with E-state index in [-0.39, 0.29) is 11.6 Å². The second-order valence-electron chi connectivity index (χ2n) is 4.34. The maximum absolute atomic E-state index is 12.7. The lowest BCUT2D eigenvalue weighted by atomic mass is 10.2. The van der Waals surface area contributed by atoms with Crippen molar-refractivity contribution in [2.45, 2.75) is 11.1 Å². The number of hydrogen-bond acceptors (Lipinski definition) is 4. The lowest BCUT2D eigenvalue weighted by molar-refractivity contribution is -0.137. The van der Waals surface area contributed by atoms with Crippen molar-refractivity contribution in [3.63, 3.8) is 0 Å². The molecule has 2 aromatic rings. The van der Waals surface area contributed by atoms with Crippen molar-refractivity contribution in [2.75, 3.05) is 11.8 Å². The molecule has 23 heavy (non-hydrogen) atoms. The van der Waals surface area contributed by atoms with Gasteiger partial charge in [-0.1, -0.05) is 6.07 Å². The molecule has 0 saturated carbocycles. The monoisotopic (exact) mass is 410 g/mol. The number of nitrogens with zero attached hydrogens (tertiary/aromatic N) is 1. The number of anilines is 1. The number of methoxy groups -OCH3 is 1. The van der Waals surface area contributed by atoms with Crippen LogP contribution in [0.15, 0.2) is 45.9 Å². The Labute approximate surface area is 138 Å². The van der Waals surface area contributed by atoms with E-state index in [1.165, 1.54) is 19.4 Å². The predicted octanol–water partition coefficient (Wildman–Crippen LogP) is 3.67. The van der Waals surface area contributed by atoms with Gasteiger partial charge in [-0.3, -0.25) is 4.72 Å². The average Bonchev–Trinajstić information content (AvgIpc) is 2.46. The summed E-state index contributed by atoms with van der Waals surface area (Å²) in [5.74, 6) is -0.0104. The molecule has 124 valence electrons. The van der Waals surface area contributed by atoms with Crippen molar-refractivity contribution in [1.29, 1.82) is 0 Å². The molecule has 1 heterocycles. The molecule has 0 bridgehead atoms. The maximum atomic E-state index is 12.7. The molecule has 0 aliphatic heterocycles. The number of rotatable bonds is 4. The number of halogens is 4. The number of nitrogens with one attached hydrogen (secondary N) is 1. The van der Waals surface area contributed by atoms with Gasteiger partial charge in [-0.15, -0.1) is 0 Å². The normalized spacial score (nSPS) is 12.0. The van der Waals surface area contributed by atoms with E-state index in [0.717, 1.165) is 18.2 Å². The van der Waals surface area contributed by atoms with Crippen LogP contribution >= 0.6 is 15.9 Å². The Balaban J connectivity index is 2.42. The molecule has 2 rings (SSSR count). The van der Waals surface area contributed by atoms with Gasteiger partial charge in [-0.05, 0) is 40.2 Å². The van der Waals surface area contributed by atoms with Gasteiger partial charge in [0.1, 0.15) is 5.69 Å². The molecule has 0 saturated heterocycles. The molecule has 0 aliphatic carbocycles. The summed E-state index contributed by atoms with van der Waals surface area (Å²) in [6, 6.07) is 4.82. The summed E-state index contributed by atoms with van der Waals surface area (Å²) < 4.78 is 70.2. The maximum Gasteiger partial charge on any atom is 0.416 e. The molecule has 0 spiro atoms. The molecule has 0 fully saturated rings. The Morgan fingerprint density at radius 3 is 2.57 bits per heavy atom. The Morgan fingerprint density at radius 2 is 1.96 bits per heavy atom. The van der Waals surface area contributed by atoms with Crippen LogP contribution in [0.3, 0.4) is 0 Å². The number of aromatic nitrogens is 1. The van der Waals surface area contributed by atoms with Crippen LogP contribution in [0.5, 0.6) is 5.88 Å². The minimum absolute atomic E-state index is 0.000660. The first kappa shape index (κ1) is 17.5. The molecule has 0 atom stereocenters. The molecule has 1 aromatic carbocycles. The summed E-state index contributed by atoms with van der Waals surface area (Å²) in [6.45, 7) is 0. The SMILES string of the molecule is COc1ncc(Br)cc1NS(=O)(=O)c1cccc(C(F)(F)F)c1. The van der Waals surface area contributed by atoms with Gasteiger partial charge in [-0.2, -0.15) is 13.2 Å². The topological polar surface area (TPSA) is 68.3 Å². The fourth-order valence-corrected chi connectivity index (χ4v) is 3.13. The Kier molecular flexibility index (Phi) is 4.85. The zero-order valence-electron chi connectivity index (χ0n) is 11.6. The molecule has 0 aliphatic rings. The Morgan fingerprint density at radius 1 is 1.26 bits per heavy atom. The number of ether oxygens (including phenoxy) is 1. The van der Waals surface area contributed by atoms with E-state index in [2.05, 4.69) is 25.6 Å². The van der Waals surface area contributed by atoms with Crippen LogP contribution < -0.4 is 9.46 Å². The molecular formula is C13H10BrF3N2O3S. The first-order chi connectivity index (χ1) is 10.6. The summed E-state index contributed by atoms with van der Waals surface area (Å²) in [6.07, 6.45) is -3.25. The standard InChI is InChI=1S/C13H10BrF3N2O3S/c1-22-12-11(6-9(14)7-18-12)19-23(20,21)10-4-2-3-8(5-10)13(15,16)17/h2-7,19H,1H3. The van der Waals surface area contributed by atoms with Crippen LogP contribution in [-0.2, 0) is 16.2 Å². The average molecular weight is 411 g/mol. The van der Waals surface area contributed by atoms with E-state index >= 15 is 0 Å². The van der Waals surface area contributed by atoms with Crippen molar-refractivity contribution in [3.05, 3.63) is 46.6 Å². The molecule has 1 aromatic heterocycles. The van der Waals surface area contributed by atoms with E-state index in [9.17, 15) is 21.6 Å². The fourth-order valence-electron chi connectivity index (χ4n) is 1.71. The van der Waals surface area contributed by atoms with Crippen LogP contribution in [0, 0.1) is 0 Å². The van der Waals surface area contributed by atoms with E-state index < -0.39 is 26.7 Å².